The van der Waals surface area contributed by atoms with Crippen LogP contribution < -0.4 is 0 Å². The predicted octanol–water partition coefficient (Wildman–Crippen LogP) is 3.41. The lowest BCUT2D eigenvalue weighted by Gasteiger charge is -2.03. The fourth-order valence-electron chi connectivity index (χ4n) is 1.50. The summed E-state index contributed by atoms with van der Waals surface area (Å²) in [6, 6.07) is 7.88. The molecular formula is C13H9ClFNO. The van der Waals surface area contributed by atoms with Crippen LogP contribution in [-0.4, -0.2) is 10.8 Å². The third kappa shape index (κ3) is 2.50. The molecule has 0 aliphatic carbocycles. The van der Waals surface area contributed by atoms with E-state index in [-0.39, 0.29) is 5.56 Å². The monoisotopic (exact) mass is 249 g/mol. The molecule has 1 aromatic heterocycles. The first-order valence-electron chi connectivity index (χ1n) is 5.00. The Bertz CT molecular complexity index is 583. The molecule has 0 fully saturated rings. The Balaban J connectivity index is 2.47. The van der Waals surface area contributed by atoms with E-state index in [9.17, 15) is 9.18 Å². The molecule has 2 aromatic rings. The van der Waals surface area contributed by atoms with Crippen LogP contribution >= 0.6 is 11.6 Å². The van der Waals surface area contributed by atoms with Crippen molar-refractivity contribution in [1.82, 2.24) is 4.98 Å². The van der Waals surface area contributed by atoms with Crippen LogP contribution in [0.5, 0.6) is 0 Å². The number of halogens is 2. The number of carbonyl (C=O) groups is 1. The van der Waals surface area contributed by atoms with Gasteiger partial charge in [-0.3, -0.25) is 4.79 Å². The highest BCUT2D eigenvalue weighted by Gasteiger charge is 2.15. The molecule has 2 rings (SSSR count). The molecular weight excluding hydrogens is 241 g/mol. The lowest BCUT2D eigenvalue weighted by atomic mass is 10.0. The lowest BCUT2D eigenvalue weighted by molar-refractivity contribution is 0.103. The second kappa shape index (κ2) is 4.63. The van der Waals surface area contributed by atoms with E-state index >= 15 is 0 Å². The van der Waals surface area contributed by atoms with Crippen LogP contribution in [0.25, 0.3) is 0 Å². The van der Waals surface area contributed by atoms with Crippen LogP contribution in [0.1, 0.15) is 21.5 Å². The molecule has 86 valence electrons. The number of carbonyl (C=O) groups excluding carboxylic acids is 1. The summed E-state index contributed by atoms with van der Waals surface area (Å²) in [6.45, 7) is 1.75. The smallest absolute Gasteiger partial charge is 0.224 e. The van der Waals surface area contributed by atoms with E-state index in [1.165, 1.54) is 18.3 Å². The van der Waals surface area contributed by atoms with Crippen LogP contribution in [0.15, 0.2) is 36.5 Å². The van der Waals surface area contributed by atoms with Gasteiger partial charge in [-0.1, -0.05) is 23.7 Å². The minimum atomic E-state index is -0.763. The molecule has 2 nitrogen and oxygen atoms in total. The molecule has 0 bridgehead atoms. The van der Waals surface area contributed by atoms with Crippen molar-refractivity contribution in [1.29, 1.82) is 0 Å². The minimum absolute atomic E-state index is 0.0349. The van der Waals surface area contributed by atoms with Crippen molar-refractivity contribution in [2.45, 2.75) is 6.92 Å². The van der Waals surface area contributed by atoms with Gasteiger partial charge in [0, 0.05) is 16.8 Å². The molecule has 0 atom stereocenters. The molecule has 0 amide bonds. The molecule has 0 saturated heterocycles. The summed E-state index contributed by atoms with van der Waals surface area (Å²) < 4.78 is 13.4. The summed E-state index contributed by atoms with van der Waals surface area (Å²) in [5, 5.41) is 0.442. The van der Waals surface area contributed by atoms with Gasteiger partial charge in [0.25, 0.3) is 0 Å². The topological polar surface area (TPSA) is 30.0 Å². The third-order valence-electron chi connectivity index (χ3n) is 2.31. The van der Waals surface area contributed by atoms with Gasteiger partial charge in [0.2, 0.25) is 5.95 Å². The van der Waals surface area contributed by atoms with Crippen LogP contribution in [0.2, 0.25) is 5.02 Å². The fraction of sp³-hybridized carbons (Fsp3) is 0.0769. The summed E-state index contributed by atoms with van der Waals surface area (Å²) in [5.74, 6) is -1.18. The van der Waals surface area contributed by atoms with Crippen molar-refractivity contribution < 1.29 is 9.18 Å². The van der Waals surface area contributed by atoms with Crippen molar-refractivity contribution in [3.8, 4) is 0 Å². The molecule has 0 aliphatic heterocycles. The third-order valence-corrected chi connectivity index (χ3v) is 2.54. The number of hydrogen-bond donors (Lipinski definition) is 0. The zero-order chi connectivity index (χ0) is 12.4. The molecule has 1 heterocycles. The average Bonchev–Trinajstić information content (AvgIpc) is 2.31. The van der Waals surface area contributed by atoms with Gasteiger partial charge < -0.3 is 0 Å². The van der Waals surface area contributed by atoms with Crippen LogP contribution in [-0.2, 0) is 0 Å². The van der Waals surface area contributed by atoms with E-state index in [2.05, 4.69) is 4.98 Å². The Kier molecular flexibility index (Phi) is 3.20. The maximum Gasteiger partial charge on any atom is 0.224 e. The molecule has 1 aromatic carbocycles. The second-order valence-electron chi connectivity index (χ2n) is 3.69. The van der Waals surface area contributed by atoms with Crippen molar-refractivity contribution in [2.75, 3.05) is 0 Å². The first-order valence-corrected chi connectivity index (χ1v) is 5.38. The van der Waals surface area contributed by atoms with E-state index in [0.717, 1.165) is 5.56 Å². The van der Waals surface area contributed by atoms with Crippen LogP contribution in [0.3, 0.4) is 0 Å². The van der Waals surface area contributed by atoms with Crippen molar-refractivity contribution >= 4 is 17.4 Å². The number of nitrogens with zero attached hydrogens (tertiary/aromatic N) is 1. The normalized spacial score (nSPS) is 10.3. The number of hydrogen-bond acceptors (Lipinski definition) is 2. The van der Waals surface area contributed by atoms with Crippen LogP contribution in [0, 0.1) is 12.9 Å². The standard InChI is InChI=1S/C13H9ClFNO/c1-8-5-11(13(15)16-7-8)12(17)9-3-2-4-10(14)6-9/h2-7H,1H3. The first kappa shape index (κ1) is 11.7. The molecule has 4 heteroatoms. The zero-order valence-electron chi connectivity index (χ0n) is 9.08. The van der Waals surface area contributed by atoms with Gasteiger partial charge in [0.05, 0.1) is 5.56 Å². The van der Waals surface area contributed by atoms with Gasteiger partial charge in [-0.2, -0.15) is 4.39 Å². The quantitative estimate of drug-likeness (QED) is 0.603. The maximum absolute atomic E-state index is 13.4. The van der Waals surface area contributed by atoms with E-state index in [0.29, 0.717) is 10.6 Å². The Morgan fingerprint density at radius 3 is 2.82 bits per heavy atom. The minimum Gasteiger partial charge on any atom is -0.288 e. The average molecular weight is 250 g/mol. The van der Waals surface area contributed by atoms with E-state index in [1.807, 2.05) is 0 Å². The predicted molar refractivity (Wildman–Crippen MR) is 63.8 cm³/mol. The summed E-state index contributed by atoms with van der Waals surface area (Å²) >= 11 is 5.79. The van der Waals surface area contributed by atoms with E-state index < -0.39 is 11.7 Å². The summed E-state index contributed by atoms with van der Waals surface area (Å²) in [5.41, 5.74) is 1.05. The number of aryl methyl sites for hydroxylation is 1. The summed E-state index contributed by atoms with van der Waals surface area (Å²) in [4.78, 5) is 15.6. The molecule has 17 heavy (non-hydrogen) atoms. The van der Waals surface area contributed by atoms with Gasteiger partial charge >= 0.3 is 0 Å². The molecule has 0 N–H and O–H groups in total. The Morgan fingerprint density at radius 1 is 1.35 bits per heavy atom. The fourth-order valence-corrected chi connectivity index (χ4v) is 1.69. The number of aromatic nitrogens is 1. The van der Waals surface area contributed by atoms with Gasteiger partial charge in [0.15, 0.2) is 5.78 Å². The lowest BCUT2D eigenvalue weighted by Crippen LogP contribution is -2.06. The maximum atomic E-state index is 13.4. The Hall–Kier alpha value is -1.74. The first-order chi connectivity index (χ1) is 8.08. The number of rotatable bonds is 2. The van der Waals surface area contributed by atoms with Gasteiger partial charge in [-0.25, -0.2) is 4.98 Å². The second-order valence-corrected chi connectivity index (χ2v) is 4.13. The number of ketones is 1. The van der Waals surface area contributed by atoms with Crippen molar-refractivity contribution in [3.63, 3.8) is 0 Å². The van der Waals surface area contributed by atoms with Crippen LogP contribution in [0.4, 0.5) is 4.39 Å². The number of pyridine rings is 1. The largest absolute Gasteiger partial charge is 0.288 e. The van der Waals surface area contributed by atoms with Crippen molar-refractivity contribution in [3.05, 3.63) is 64.2 Å². The van der Waals surface area contributed by atoms with Gasteiger partial charge in [-0.15, -0.1) is 0 Å². The highest BCUT2D eigenvalue weighted by Crippen LogP contribution is 2.16. The highest BCUT2D eigenvalue weighted by atomic mass is 35.5. The Morgan fingerprint density at radius 2 is 2.12 bits per heavy atom. The molecule has 0 aliphatic rings. The van der Waals surface area contributed by atoms with Crippen molar-refractivity contribution in [2.24, 2.45) is 0 Å². The molecule has 0 radical (unpaired) electrons. The molecule has 0 saturated carbocycles. The zero-order valence-corrected chi connectivity index (χ0v) is 9.83. The number of benzene rings is 1. The molecule has 0 spiro atoms. The summed E-state index contributed by atoms with van der Waals surface area (Å²) in [7, 11) is 0. The Labute approximate surface area is 103 Å². The van der Waals surface area contributed by atoms with Gasteiger partial charge in [-0.05, 0) is 30.7 Å². The molecule has 0 unspecified atom stereocenters. The summed E-state index contributed by atoms with van der Waals surface area (Å²) in [6.07, 6.45) is 1.38. The van der Waals surface area contributed by atoms with E-state index in [4.69, 9.17) is 11.6 Å². The highest BCUT2D eigenvalue weighted by molar-refractivity contribution is 6.31. The SMILES string of the molecule is Cc1cnc(F)c(C(=O)c2cccc(Cl)c2)c1. The van der Waals surface area contributed by atoms with E-state index in [1.54, 1.807) is 25.1 Å². The van der Waals surface area contributed by atoms with Gasteiger partial charge in [0.1, 0.15) is 0 Å².